The zero-order chi connectivity index (χ0) is 12.6. The summed E-state index contributed by atoms with van der Waals surface area (Å²) in [6, 6.07) is 5.90. The van der Waals surface area contributed by atoms with Gasteiger partial charge < -0.3 is 0 Å². The smallest absolute Gasteiger partial charge is 0.160 e. The van der Waals surface area contributed by atoms with Gasteiger partial charge in [0.2, 0.25) is 0 Å². The van der Waals surface area contributed by atoms with E-state index in [1.54, 1.807) is 0 Å². The Kier molecular flexibility index (Phi) is 1.66. The zero-order valence-corrected chi connectivity index (χ0v) is 10.5. The first kappa shape index (κ1) is 9.96. The summed E-state index contributed by atoms with van der Waals surface area (Å²) in [6.45, 7) is 0. The monoisotopic (exact) mass is 250 g/mol. The minimum Gasteiger partial charge on any atom is -0.285 e. The summed E-state index contributed by atoms with van der Waals surface area (Å²) in [4.78, 5) is 0. The molecule has 19 heavy (non-hydrogen) atoms. The number of fused-ring (bicyclic) bond motifs is 6. The molecule has 2 aromatic rings. The Morgan fingerprint density at radius 3 is 2.68 bits per heavy atom. The van der Waals surface area contributed by atoms with Crippen LogP contribution in [-0.4, -0.2) is 14.6 Å². The van der Waals surface area contributed by atoms with E-state index in [9.17, 15) is 0 Å². The molecule has 0 radical (unpaired) electrons. The zero-order valence-electron chi connectivity index (χ0n) is 10.5. The van der Waals surface area contributed by atoms with Gasteiger partial charge in [-0.25, -0.2) is 0 Å². The summed E-state index contributed by atoms with van der Waals surface area (Å²) < 4.78 is 2.04. The topological polar surface area (TPSA) is 54.0 Å². The Balaban J connectivity index is 1.62. The van der Waals surface area contributed by atoms with Gasteiger partial charge in [-0.15, -0.1) is 10.2 Å². The summed E-state index contributed by atoms with van der Waals surface area (Å²) in [5, 5.41) is 17.7. The van der Waals surface area contributed by atoms with Crippen molar-refractivity contribution in [2.45, 2.75) is 25.2 Å². The standard InChI is InChI=1S/C15H14N4/c16-6-8-1-4-11-17-18-15(19(11)7-8)14-12-9-2-3-10(5-9)13(12)14/h1,4,7,9-10,12-14H,2-3,5H2. The van der Waals surface area contributed by atoms with E-state index < -0.39 is 0 Å². The summed E-state index contributed by atoms with van der Waals surface area (Å²) in [5.41, 5.74) is 1.55. The van der Waals surface area contributed by atoms with Crippen molar-refractivity contribution in [2.75, 3.05) is 0 Å². The minimum atomic E-state index is 0.607. The fourth-order valence-electron chi connectivity index (χ4n) is 4.87. The van der Waals surface area contributed by atoms with E-state index in [1.807, 2.05) is 22.7 Å². The van der Waals surface area contributed by atoms with Gasteiger partial charge in [-0.05, 0) is 55.1 Å². The molecular formula is C15H14N4. The van der Waals surface area contributed by atoms with Crippen LogP contribution in [0.3, 0.4) is 0 Å². The first-order valence-corrected chi connectivity index (χ1v) is 7.11. The molecule has 3 aliphatic carbocycles. The molecular weight excluding hydrogens is 236 g/mol. The quantitative estimate of drug-likeness (QED) is 0.780. The number of pyridine rings is 1. The number of nitrogens with zero attached hydrogens (tertiary/aromatic N) is 4. The van der Waals surface area contributed by atoms with Crippen LogP contribution in [-0.2, 0) is 0 Å². The molecule has 2 heterocycles. The first-order valence-electron chi connectivity index (χ1n) is 7.11. The number of aromatic nitrogens is 3. The van der Waals surface area contributed by atoms with Crippen LogP contribution in [0.2, 0.25) is 0 Å². The molecule has 0 saturated heterocycles. The third-order valence-corrected chi connectivity index (χ3v) is 5.59. The van der Waals surface area contributed by atoms with Gasteiger partial charge in [-0.1, -0.05) is 0 Å². The second kappa shape index (κ2) is 3.16. The van der Waals surface area contributed by atoms with Crippen LogP contribution in [0.15, 0.2) is 18.3 Å². The molecule has 5 rings (SSSR count). The van der Waals surface area contributed by atoms with Crippen molar-refractivity contribution >= 4 is 5.65 Å². The summed E-state index contributed by atoms with van der Waals surface area (Å²) >= 11 is 0. The van der Waals surface area contributed by atoms with E-state index in [4.69, 9.17) is 5.26 Å². The van der Waals surface area contributed by atoms with Crippen LogP contribution >= 0.6 is 0 Å². The van der Waals surface area contributed by atoms with E-state index in [2.05, 4.69) is 16.3 Å². The minimum absolute atomic E-state index is 0.607. The van der Waals surface area contributed by atoms with E-state index in [0.29, 0.717) is 11.5 Å². The fourth-order valence-corrected chi connectivity index (χ4v) is 4.87. The molecule has 4 unspecified atom stereocenters. The van der Waals surface area contributed by atoms with Crippen LogP contribution in [0.1, 0.15) is 36.6 Å². The number of nitriles is 1. The van der Waals surface area contributed by atoms with Crippen molar-refractivity contribution in [1.82, 2.24) is 14.6 Å². The van der Waals surface area contributed by atoms with Crippen molar-refractivity contribution in [2.24, 2.45) is 23.7 Å². The summed E-state index contributed by atoms with van der Waals surface area (Å²) in [5.74, 6) is 5.29. The Hall–Kier alpha value is -1.89. The second-order valence-corrected chi connectivity index (χ2v) is 6.33. The van der Waals surface area contributed by atoms with Gasteiger partial charge in [0, 0.05) is 12.1 Å². The lowest BCUT2D eigenvalue weighted by molar-refractivity contribution is 0.456. The number of hydrogen-bond donors (Lipinski definition) is 0. The molecule has 2 aromatic heterocycles. The summed E-state index contributed by atoms with van der Waals surface area (Å²) in [7, 11) is 0. The molecule has 0 amide bonds. The average molecular weight is 250 g/mol. The lowest BCUT2D eigenvalue weighted by atomic mass is 10.0. The van der Waals surface area contributed by atoms with Crippen LogP contribution < -0.4 is 0 Å². The molecule has 0 N–H and O–H groups in total. The average Bonchev–Trinajstić information content (AvgIpc) is 2.84. The lowest BCUT2D eigenvalue weighted by Crippen LogP contribution is -2.02. The van der Waals surface area contributed by atoms with Gasteiger partial charge >= 0.3 is 0 Å². The maximum Gasteiger partial charge on any atom is 0.160 e. The number of rotatable bonds is 1. The normalized spacial score (nSPS) is 38.4. The van der Waals surface area contributed by atoms with Gasteiger partial charge in [-0.3, -0.25) is 4.40 Å². The molecule has 3 fully saturated rings. The maximum absolute atomic E-state index is 9.03. The third-order valence-electron chi connectivity index (χ3n) is 5.59. The van der Waals surface area contributed by atoms with Gasteiger partial charge in [0.05, 0.1) is 5.56 Å². The van der Waals surface area contributed by atoms with Crippen molar-refractivity contribution in [3.8, 4) is 6.07 Å². The Morgan fingerprint density at radius 1 is 1.16 bits per heavy atom. The Labute approximate surface area is 111 Å². The highest BCUT2D eigenvalue weighted by Crippen LogP contribution is 2.72. The van der Waals surface area contributed by atoms with Crippen LogP contribution in [0.4, 0.5) is 0 Å². The molecule has 4 nitrogen and oxygen atoms in total. The van der Waals surface area contributed by atoms with E-state index in [-0.39, 0.29) is 0 Å². The third kappa shape index (κ3) is 1.14. The van der Waals surface area contributed by atoms with Crippen molar-refractivity contribution < 1.29 is 0 Å². The molecule has 94 valence electrons. The summed E-state index contributed by atoms with van der Waals surface area (Å²) in [6.07, 6.45) is 6.18. The first-order chi connectivity index (χ1) is 9.36. The molecule has 0 aliphatic heterocycles. The second-order valence-electron chi connectivity index (χ2n) is 6.33. The molecule has 4 heteroatoms. The van der Waals surface area contributed by atoms with E-state index >= 15 is 0 Å². The van der Waals surface area contributed by atoms with Crippen molar-refractivity contribution in [1.29, 1.82) is 5.26 Å². The van der Waals surface area contributed by atoms with Crippen LogP contribution in [0.25, 0.3) is 5.65 Å². The Bertz CT molecular complexity index is 709. The SMILES string of the molecule is N#Cc1ccc2nnc(C3C4C5CCC(C5)C34)n2c1. The van der Waals surface area contributed by atoms with E-state index in [0.717, 1.165) is 35.1 Å². The predicted molar refractivity (Wildman–Crippen MR) is 68.3 cm³/mol. The van der Waals surface area contributed by atoms with Crippen molar-refractivity contribution in [3.63, 3.8) is 0 Å². The van der Waals surface area contributed by atoms with Crippen LogP contribution in [0.5, 0.6) is 0 Å². The molecule has 0 spiro atoms. The Morgan fingerprint density at radius 2 is 1.95 bits per heavy atom. The van der Waals surface area contributed by atoms with Gasteiger partial charge in [0.1, 0.15) is 11.9 Å². The van der Waals surface area contributed by atoms with Gasteiger partial charge in [0.15, 0.2) is 5.65 Å². The molecule has 4 atom stereocenters. The molecule has 2 bridgehead atoms. The van der Waals surface area contributed by atoms with Gasteiger partial charge in [-0.2, -0.15) is 5.26 Å². The predicted octanol–water partition coefficient (Wildman–Crippen LogP) is 2.36. The highest BCUT2D eigenvalue weighted by atomic mass is 15.3. The highest BCUT2D eigenvalue weighted by molar-refractivity contribution is 5.44. The largest absolute Gasteiger partial charge is 0.285 e. The molecule has 3 aliphatic rings. The highest BCUT2D eigenvalue weighted by Gasteiger charge is 2.66. The van der Waals surface area contributed by atoms with Crippen LogP contribution in [0, 0.1) is 35.0 Å². The fraction of sp³-hybridized carbons (Fsp3) is 0.533. The molecule has 0 aromatic carbocycles. The maximum atomic E-state index is 9.03. The van der Waals surface area contributed by atoms with Gasteiger partial charge in [0.25, 0.3) is 0 Å². The number of hydrogen-bond acceptors (Lipinski definition) is 3. The molecule has 3 saturated carbocycles. The van der Waals surface area contributed by atoms with Crippen molar-refractivity contribution in [3.05, 3.63) is 29.7 Å². The van der Waals surface area contributed by atoms with E-state index in [1.165, 1.54) is 19.3 Å². The lowest BCUT2D eigenvalue weighted by Gasteiger charge is -2.07.